The number of carbonyl (C=O) groups excluding carboxylic acids is 3. The molecule has 2 atom stereocenters. The van der Waals surface area contributed by atoms with Crippen LogP contribution in [0.1, 0.15) is 61.1 Å². The maximum Gasteiger partial charge on any atom is 0.340 e. The van der Waals surface area contributed by atoms with Crippen LogP contribution in [0.3, 0.4) is 0 Å². The Balaban J connectivity index is 1.93. The third-order valence-electron chi connectivity index (χ3n) is 4.81. The summed E-state index contributed by atoms with van der Waals surface area (Å²) in [6.07, 6.45) is 4.22. The lowest BCUT2D eigenvalue weighted by Gasteiger charge is -2.29. The number of amides is 3. The van der Waals surface area contributed by atoms with E-state index in [9.17, 15) is 19.6 Å². The van der Waals surface area contributed by atoms with Gasteiger partial charge >= 0.3 is 12.0 Å². The molecule has 0 spiro atoms. The molecule has 2 rings (SSSR count). The van der Waals surface area contributed by atoms with Crippen molar-refractivity contribution in [1.29, 1.82) is 5.26 Å². The molecule has 9 heteroatoms. The number of rotatable bonds is 6. The van der Waals surface area contributed by atoms with E-state index in [0.717, 1.165) is 31.0 Å². The molecule has 0 aliphatic heterocycles. The van der Waals surface area contributed by atoms with Gasteiger partial charge in [-0.15, -0.1) is 0 Å². The third-order valence-corrected chi connectivity index (χ3v) is 5.81. The molecule has 1 heterocycles. The number of hydrogen-bond acceptors (Lipinski definition) is 7. The monoisotopic (exact) mass is 418 g/mol. The highest BCUT2D eigenvalue weighted by Gasteiger charge is 2.23. The second-order valence-electron chi connectivity index (χ2n) is 6.98. The van der Waals surface area contributed by atoms with Crippen molar-refractivity contribution in [1.82, 2.24) is 15.6 Å². The second kappa shape index (κ2) is 10.8. The van der Waals surface area contributed by atoms with Gasteiger partial charge in [0.25, 0.3) is 0 Å². The Labute approximate surface area is 174 Å². The van der Waals surface area contributed by atoms with Gasteiger partial charge in [0.05, 0.1) is 29.2 Å². The summed E-state index contributed by atoms with van der Waals surface area (Å²) in [4.78, 5) is 40.4. The molecule has 1 saturated carbocycles. The molecule has 0 aromatic carbocycles. The summed E-state index contributed by atoms with van der Waals surface area (Å²) in [5.74, 6) is -0.707. The van der Waals surface area contributed by atoms with E-state index in [-0.39, 0.29) is 29.5 Å². The second-order valence-corrected chi connectivity index (χ2v) is 7.95. The minimum Gasteiger partial charge on any atom is -0.462 e. The lowest BCUT2D eigenvalue weighted by atomic mass is 9.86. The number of esters is 1. The lowest BCUT2D eigenvalue weighted by Crippen LogP contribution is -2.48. The van der Waals surface area contributed by atoms with Gasteiger partial charge in [0, 0.05) is 6.04 Å². The van der Waals surface area contributed by atoms with E-state index in [1.54, 1.807) is 13.8 Å². The van der Waals surface area contributed by atoms with Crippen LogP contribution < -0.4 is 10.6 Å². The van der Waals surface area contributed by atoms with Crippen LogP contribution in [-0.4, -0.2) is 41.3 Å². The summed E-state index contributed by atoms with van der Waals surface area (Å²) in [6.45, 7) is 5.65. The van der Waals surface area contributed by atoms with Crippen LogP contribution in [0.2, 0.25) is 0 Å². The molecule has 1 aliphatic rings. The highest BCUT2D eigenvalue weighted by Crippen LogP contribution is 2.24. The van der Waals surface area contributed by atoms with Crippen LogP contribution in [0.25, 0.3) is 0 Å². The van der Waals surface area contributed by atoms with Gasteiger partial charge in [0.2, 0.25) is 5.91 Å². The van der Waals surface area contributed by atoms with E-state index < -0.39 is 17.9 Å². The first-order chi connectivity index (χ1) is 13.8. The molecule has 1 aromatic rings. The Hall–Kier alpha value is -2.60. The van der Waals surface area contributed by atoms with Gasteiger partial charge in [-0.05, 0) is 38.7 Å². The van der Waals surface area contributed by atoms with Gasteiger partial charge in [0.1, 0.15) is 11.1 Å². The summed E-state index contributed by atoms with van der Waals surface area (Å²) >= 11 is 1.04. The molecule has 1 aliphatic carbocycles. The highest BCUT2D eigenvalue weighted by molar-refractivity contribution is 8.00. The van der Waals surface area contributed by atoms with Crippen LogP contribution in [0.5, 0.6) is 0 Å². The van der Waals surface area contributed by atoms with Crippen LogP contribution >= 0.6 is 11.8 Å². The van der Waals surface area contributed by atoms with E-state index in [1.807, 2.05) is 6.07 Å². The highest BCUT2D eigenvalue weighted by atomic mass is 32.2. The van der Waals surface area contributed by atoms with E-state index >= 15 is 0 Å². The largest absolute Gasteiger partial charge is 0.462 e. The van der Waals surface area contributed by atoms with Crippen molar-refractivity contribution in [2.24, 2.45) is 5.92 Å². The van der Waals surface area contributed by atoms with Crippen molar-refractivity contribution < 1.29 is 19.1 Å². The van der Waals surface area contributed by atoms with E-state index in [1.165, 1.54) is 12.5 Å². The van der Waals surface area contributed by atoms with Gasteiger partial charge in [-0.25, -0.2) is 14.6 Å². The molecule has 1 fully saturated rings. The lowest BCUT2D eigenvalue weighted by molar-refractivity contribution is -0.117. The molecule has 1 aromatic heterocycles. The number of nitrogens with one attached hydrogen (secondary N) is 2. The number of ether oxygens (including phenoxy) is 1. The van der Waals surface area contributed by atoms with Gasteiger partial charge in [-0.1, -0.05) is 31.5 Å². The number of urea groups is 1. The van der Waals surface area contributed by atoms with Crippen LogP contribution in [0.15, 0.2) is 11.1 Å². The van der Waals surface area contributed by atoms with Crippen molar-refractivity contribution in [2.75, 3.05) is 12.4 Å². The quantitative estimate of drug-likeness (QED) is 0.538. The first kappa shape index (κ1) is 22.7. The Bertz CT molecular complexity index is 821. The molecule has 0 saturated heterocycles. The molecular formula is C20H26N4O4S. The number of thioether (sulfide) groups is 1. The zero-order chi connectivity index (χ0) is 21.4. The normalized spacial score (nSPS) is 18.4. The number of aromatic nitrogens is 1. The molecule has 156 valence electrons. The SMILES string of the molecule is CCOC(=O)c1cc(C#N)c(SCC(=O)NC(=O)N[C@@H]2CCCC[C@H]2C)nc1C. The standard InChI is InChI=1S/C20H26N4O4S/c1-4-28-19(26)15-9-14(10-21)18(22-13(15)3)29-11-17(25)24-20(27)23-16-8-6-5-7-12(16)2/h9,12,16H,4-8,11H2,1-3H3,(H2,23,24,25,27)/t12-,16-/m1/s1. The van der Waals surface area contributed by atoms with E-state index in [4.69, 9.17) is 4.74 Å². The number of aryl methyl sites for hydroxylation is 1. The zero-order valence-electron chi connectivity index (χ0n) is 16.9. The number of imide groups is 1. The Morgan fingerprint density at radius 1 is 1.34 bits per heavy atom. The van der Waals surface area contributed by atoms with E-state index in [2.05, 4.69) is 22.5 Å². The first-order valence-corrected chi connectivity index (χ1v) is 10.7. The van der Waals surface area contributed by atoms with Gasteiger partial charge in [-0.3, -0.25) is 10.1 Å². The smallest absolute Gasteiger partial charge is 0.340 e. The molecule has 8 nitrogen and oxygen atoms in total. The van der Waals surface area contributed by atoms with Crippen molar-refractivity contribution in [3.8, 4) is 6.07 Å². The summed E-state index contributed by atoms with van der Waals surface area (Å²) in [6, 6.07) is 2.97. The molecule has 0 radical (unpaired) electrons. The number of nitriles is 1. The summed E-state index contributed by atoms with van der Waals surface area (Å²) < 4.78 is 4.96. The summed E-state index contributed by atoms with van der Waals surface area (Å²) in [5.41, 5.74) is 0.810. The predicted molar refractivity (Wildman–Crippen MR) is 108 cm³/mol. The molecule has 0 bridgehead atoms. The van der Waals surface area contributed by atoms with Crippen LogP contribution in [-0.2, 0) is 9.53 Å². The average Bonchev–Trinajstić information content (AvgIpc) is 2.68. The fourth-order valence-corrected chi connectivity index (χ4v) is 4.02. The predicted octanol–water partition coefficient (Wildman–Crippen LogP) is 2.94. The molecule has 2 N–H and O–H groups in total. The van der Waals surface area contributed by atoms with Crippen molar-refractivity contribution in [2.45, 2.75) is 57.5 Å². The first-order valence-electron chi connectivity index (χ1n) is 9.67. The van der Waals surface area contributed by atoms with Gasteiger partial charge in [0.15, 0.2) is 0 Å². The minimum atomic E-state index is -0.545. The average molecular weight is 419 g/mol. The third kappa shape index (κ3) is 6.46. The molecule has 29 heavy (non-hydrogen) atoms. The maximum absolute atomic E-state index is 12.1. The maximum atomic E-state index is 12.1. The van der Waals surface area contributed by atoms with Gasteiger partial charge < -0.3 is 10.1 Å². The van der Waals surface area contributed by atoms with E-state index in [0.29, 0.717) is 16.6 Å². The Kier molecular flexibility index (Phi) is 8.46. The number of pyridine rings is 1. The van der Waals surface area contributed by atoms with Crippen LogP contribution in [0, 0.1) is 24.2 Å². The molecule has 0 unspecified atom stereocenters. The molecule has 3 amide bonds. The Morgan fingerprint density at radius 3 is 2.72 bits per heavy atom. The topological polar surface area (TPSA) is 121 Å². The Morgan fingerprint density at radius 2 is 2.07 bits per heavy atom. The van der Waals surface area contributed by atoms with Crippen LogP contribution in [0.4, 0.5) is 4.79 Å². The summed E-state index contributed by atoms with van der Waals surface area (Å²) in [7, 11) is 0. The zero-order valence-corrected chi connectivity index (χ0v) is 17.7. The summed E-state index contributed by atoms with van der Waals surface area (Å²) in [5, 5.41) is 14.9. The van der Waals surface area contributed by atoms with Crippen molar-refractivity contribution >= 4 is 29.7 Å². The molecular weight excluding hydrogens is 392 g/mol. The fraction of sp³-hybridized carbons (Fsp3) is 0.550. The fourth-order valence-electron chi connectivity index (χ4n) is 3.22. The number of nitrogens with zero attached hydrogens (tertiary/aromatic N) is 2. The number of hydrogen-bond donors (Lipinski definition) is 2. The number of carbonyl (C=O) groups is 3. The minimum absolute atomic E-state index is 0.0759. The van der Waals surface area contributed by atoms with Gasteiger partial charge in [-0.2, -0.15) is 5.26 Å². The van der Waals surface area contributed by atoms with Crippen molar-refractivity contribution in [3.05, 3.63) is 22.9 Å². The van der Waals surface area contributed by atoms with Crippen molar-refractivity contribution in [3.63, 3.8) is 0 Å².